The molecule has 1 fully saturated rings. The van der Waals surface area contributed by atoms with Crippen LogP contribution in [0.15, 0.2) is 48.5 Å². The van der Waals surface area contributed by atoms with Gasteiger partial charge in [0.15, 0.2) is 0 Å². The molecule has 2 aliphatic rings. The van der Waals surface area contributed by atoms with Gasteiger partial charge in [0, 0.05) is 23.0 Å². The Bertz CT molecular complexity index is 745. The quantitative estimate of drug-likeness (QED) is 0.864. The molecule has 0 aromatic heterocycles. The lowest BCUT2D eigenvalue weighted by Gasteiger charge is -2.39. The maximum absolute atomic E-state index is 12.1. The fraction of sp³-hybridized carbons (Fsp3) is 0.455. The third kappa shape index (κ3) is 3.36. The van der Waals surface area contributed by atoms with Gasteiger partial charge >= 0.3 is 0 Å². The number of benzene rings is 2. The molecule has 2 aliphatic heterocycles. The van der Waals surface area contributed by atoms with Crippen LogP contribution in [0.25, 0.3) is 0 Å². The molecular weight excluding hydrogens is 346 g/mol. The molecule has 0 spiro atoms. The number of hydrogen-bond acceptors (Lipinski definition) is 3. The van der Waals surface area contributed by atoms with E-state index in [9.17, 15) is 5.11 Å². The minimum Gasteiger partial charge on any atom is -0.493 e. The summed E-state index contributed by atoms with van der Waals surface area (Å²) < 4.78 is 6.00. The Labute approximate surface area is 160 Å². The highest BCUT2D eigenvalue weighted by molar-refractivity contribution is 6.30. The average molecular weight is 372 g/mol. The SMILES string of the molecule is O[C@@]1(c2ccccc2)c2ccc(Cl)cc2OCCC1CN1CCCCC1. The van der Waals surface area contributed by atoms with E-state index in [1.165, 1.54) is 19.3 Å². The fourth-order valence-electron chi connectivity index (χ4n) is 4.43. The summed E-state index contributed by atoms with van der Waals surface area (Å²) in [6, 6.07) is 15.6. The lowest BCUT2D eigenvalue weighted by atomic mass is 9.74. The van der Waals surface area contributed by atoms with E-state index < -0.39 is 5.60 Å². The Morgan fingerprint density at radius 1 is 1.08 bits per heavy atom. The number of nitrogens with zero attached hydrogens (tertiary/aromatic N) is 1. The standard InChI is InChI=1S/C22H26ClNO2/c23-19-9-10-20-21(15-19)26-14-11-18(16-24-12-5-2-6-13-24)22(20,25)17-7-3-1-4-8-17/h1,3-4,7-10,15,18,25H,2,5-6,11-14,16H2/t18?,22-/m1/s1. The van der Waals surface area contributed by atoms with Crippen LogP contribution in [0.1, 0.15) is 36.8 Å². The zero-order valence-corrected chi connectivity index (χ0v) is 15.8. The van der Waals surface area contributed by atoms with Crippen LogP contribution in [0, 0.1) is 5.92 Å². The van der Waals surface area contributed by atoms with E-state index in [1.807, 2.05) is 48.5 Å². The van der Waals surface area contributed by atoms with Crippen LogP contribution in [0.4, 0.5) is 0 Å². The second kappa shape index (κ2) is 7.59. The van der Waals surface area contributed by atoms with Gasteiger partial charge in [0.1, 0.15) is 11.4 Å². The Balaban J connectivity index is 1.77. The van der Waals surface area contributed by atoms with Gasteiger partial charge in [-0.05, 0) is 50.0 Å². The molecule has 0 amide bonds. The minimum absolute atomic E-state index is 0.0745. The zero-order valence-electron chi connectivity index (χ0n) is 15.0. The molecule has 0 saturated carbocycles. The van der Waals surface area contributed by atoms with Crippen LogP contribution in [0.3, 0.4) is 0 Å². The molecule has 26 heavy (non-hydrogen) atoms. The van der Waals surface area contributed by atoms with Crippen LogP contribution in [-0.4, -0.2) is 36.2 Å². The maximum atomic E-state index is 12.1. The third-order valence-corrected chi connectivity index (χ3v) is 6.05. The van der Waals surface area contributed by atoms with E-state index in [0.29, 0.717) is 17.4 Å². The number of hydrogen-bond donors (Lipinski definition) is 1. The molecule has 2 aromatic carbocycles. The van der Waals surface area contributed by atoms with Crippen molar-refractivity contribution in [1.29, 1.82) is 0 Å². The van der Waals surface area contributed by atoms with Gasteiger partial charge in [0.05, 0.1) is 6.61 Å². The number of fused-ring (bicyclic) bond motifs is 1. The number of halogens is 1. The van der Waals surface area contributed by atoms with Crippen molar-refractivity contribution in [2.24, 2.45) is 5.92 Å². The molecule has 0 radical (unpaired) electrons. The molecule has 2 atom stereocenters. The largest absolute Gasteiger partial charge is 0.493 e. The highest BCUT2D eigenvalue weighted by Crippen LogP contribution is 2.46. The molecule has 1 saturated heterocycles. The van der Waals surface area contributed by atoms with Crippen LogP contribution in [0.5, 0.6) is 5.75 Å². The number of piperidine rings is 1. The van der Waals surface area contributed by atoms with Crippen molar-refractivity contribution in [2.45, 2.75) is 31.3 Å². The first-order chi connectivity index (χ1) is 12.7. The van der Waals surface area contributed by atoms with Crippen molar-refractivity contribution in [3.8, 4) is 5.75 Å². The normalized spacial score (nSPS) is 26.6. The Morgan fingerprint density at radius 3 is 2.62 bits per heavy atom. The van der Waals surface area contributed by atoms with E-state index in [0.717, 1.165) is 37.2 Å². The van der Waals surface area contributed by atoms with Crippen LogP contribution >= 0.6 is 11.6 Å². The molecule has 0 bridgehead atoms. The van der Waals surface area contributed by atoms with Crippen molar-refractivity contribution >= 4 is 11.6 Å². The van der Waals surface area contributed by atoms with Crippen molar-refractivity contribution in [3.63, 3.8) is 0 Å². The van der Waals surface area contributed by atoms with Crippen LogP contribution < -0.4 is 4.74 Å². The summed E-state index contributed by atoms with van der Waals surface area (Å²) in [5.74, 6) is 0.774. The molecule has 3 nitrogen and oxygen atoms in total. The Hall–Kier alpha value is -1.55. The van der Waals surface area contributed by atoms with Gasteiger partial charge in [-0.15, -0.1) is 0 Å². The number of rotatable bonds is 3. The predicted molar refractivity (Wildman–Crippen MR) is 105 cm³/mol. The molecule has 138 valence electrons. The highest BCUT2D eigenvalue weighted by Gasteiger charge is 2.44. The Morgan fingerprint density at radius 2 is 1.85 bits per heavy atom. The highest BCUT2D eigenvalue weighted by atomic mass is 35.5. The van der Waals surface area contributed by atoms with Crippen LogP contribution in [-0.2, 0) is 5.60 Å². The van der Waals surface area contributed by atoms with Crippen molar-refractivity contribution in [2.75, 3.05) is 26.2 Å². The third-order valence-electron chi connectivity index (χ3n) is 5.81. The number of likely N-dealkylation sites (tertiary alicyclic amines) is 1. The fourth-order valence-corrected chi connectivity index (χ4v) is 4.59. The molecule has 4 heteroatoms. The second-order valence-electron chi connectivity index (χ2n) is 7.47. The topological polar surface area (TPSA) is 32.7 Å². The molecule has 1 N–H and O–H groups in total. The van der Waals surface area contributed by atoms with E-state index in [2.05, 4.69) is 4.90 Å². The summed E-state index contributed by atoms with van der Waals surface area (Å²) in [7, 11) is 0. The van der Waals surface area contributed by atoms with Crippen molar-refractivity contribution < 1.29 is 9.84 Å². The maximum Gasteiger partial charge on any atom is 0.127 e. The first-order valence-corrected chi connectivity index (χ1v) is 9.99. The summed E-state index contributed by atoms with van der Waals surface area (Å²) >= 11 is 6.19. The van der Waals surface area contributed by atoms with E-state index >= 15 is 0 Å². The second-order valence-corrected chi connectivity index (χ2v) is 7.90. The van der Waals surface area contributed by atoms with E-state index in [4.69, 9.17) is 16.3 Å². The summed E-state index contributed by atoms with van der Waals surface area (Å²) in [5.41, 5.74) is 0.679. The minimum atomic E-state index is -1.07. The lowest BCUT2D eigenvalue weighted by molar-refractivity contribution is -0.00468. The molecule has 2 aromatic rings. The predicted octanol–water partition coefficient (Wildman–Crippen LogP) is 4.46. The average Bonchev–Trinajstić information content (AvgIpc) is 2.81. The van der Waals surface area contributed by atoms with E-state index in [1.54, 1.807) is 0 Å². The van der Waals surface area contributed by atoms with Gasteiger partial charge in [-0.25, -0.2) is 0 Å². The number of ether oxygens (including phenoxy) is 1. The monoisotopic (exact) mass is 371 g/mol. The molecule has 1 unspecified atom stereocenters. The first kappa shape index (κ1) is 17.8. The van der Waals surface area contributed by atoms with Crippen molar-refractivity contribution in [3.05, 3.63) is 64.7 Å². The molecule has 0 aliphatic carbocycles. The zero-order chi connectivity index (χ0) is 18.0. The smallest absolute Gasteiger partial charge is 0.127 e. The van der Waals surface area contributed by atoms with Gasteiger partial charge in [-0.2, -0.15) is 0 Å². The molecule has 4 rings (SSSR count). The van der Waals surface area contributed by atoms with Gasteiger partial charge in [0.25, 0.3) is 0 Å². The van der Waals surface area contributed by atoms with Gasteiger partial charge in [0.2, 0.25) is 0 Å². The number of aliphatic hydroxyl groups is 1. The van der Waals surface area contributed by atoms with Crippen LogP contribution in [0.2, 0.25) is 5.02 Å². The van der Waals surface area contributed by atoms with Gasteiger partial charge in [-0.1, -0.05) is 54.4 Å². The summed E-state index contributed by atoms with van der Waals surface area (Å²) in [6.45, 7) is 3.73. The van der Waals surface area contributed by atoms with Gasteiger partial charge in [-0.3, -0.25) is 0 Å². The lowest BCUT2D eigenvalue weighted by Crippen LogP contribution is -2.44. The van der Waals surface area contributed by atoms with E-state index in [-0.39, 0.29) is 5.92 Å². The first-order valence-electron chi connectivity index (χ1n) is 9.61. The molecular formula is C22H26ClNO2. The summed E-state index contributed by atoms with van der Waals surface area (Å²) in [5, 5.41) is 12.7. The Kier molecular flexibility index (Phi) is 5.21. The van der Waals surface area contributed by atoms with Crippen molar-refractivity contribution in [1.82, 2.24) is 4.90 Å². The molecule has 2 heterocycles. The summed E-state index contributed by atoms with van der Waals surface area (Å²) in [6.07, 6.45) is 4.63. The van der Waals surface area contributed by atoms with Gasteiger partial charge < -0.3 is 14.7 Å². The summed E-state index contributed by atoms with van der Waals surface area (Å²) in [4.78, 5) is 2.50.